The maximum atomic E-state index is 13.0. The van der Waals surface area contributed by atoms with Gasteiger partial charge in [-0.2, -0.15) is 10.2 Å². The average Bonchev–Trinajstić information content (AvgIpc) is 3.26. The lowest BCUT2D eigenvalue weighted by Crippen LogP contribution is -2.48. The topological polar surface area (TPSA) is 59.3 Å². The number of nitrogens with one attached hydrogen (secondary N) is 1. The van der Waals surface area contributed by atoms with Gasteiger partial charge in [-0.1, -0.05) is 68.5 Å². The lowest BCUT2D eigenvalue weighted by Gasteiger charge is -2.55. The average molecular weight is 411 g/mol. The molecule has 3 aliphatic rings. The molecule has 3 aromatic rings. The molecule has 1 N–H and O–H groups in total. The summed E-state index contributed by atoms with van der Waals surface area (Å²) in [6, 6.07) is 19.5. The van der Waals surface area contributed by atoms with Crippen LogP contribution in [0.15, 0.2) is 83.6 Å². The Morgan fingerprint density at radius 1 is 1.13 bits per heavy atom. The molecule has 31 heavy (non-hydrogen) atoms. The molecule has 1 amide bonds. The number of aromatic nitrogens is 2. The standard InChI is InChI=1S/C26H26N4O/c1-26(2)20-14-13-19(23(26)15-20)16-27-28-25(31)22-17-30(21-11-7-4-8-12-21)29-24(22)18-9-5-3-6-10-18/h3-13,16-17,20,23H,14-15H2,1-2H3,(H,28,31)/b27-16-/t20-,23-/m0/s1. The largest absolute Gasteiger partial charge is 0.275 e. The van der Waals surface area contributed by atoms with Gasteiger partial charge in [0, 0.05) is 11.8 Å². The number of hydrazone groups is 1. The molecule has 0 unspecified atom stereocenters. The second-order valence-electron chi connectivity index (χ2n) is 8.98. The SMILES string of the molecule is CC1(C)[C@H]2CC=C(/C=N\NC(=O)c3cn(-c4ccccc4)nc3-c3ccccc3)[C@@H]1C2. The lowest BCUT2D eigenvalue weighted by atomic mass is 9.49. The second kappa shape index (κ2) is 7.65. The Morgan fingerprint density at radius 3 is 2.52 bits per heavy atom. The number of allylic oxidation sites excluding steroid dienone is 2. The van der Waals surface area contributed by atoms with E-state index in [4.69, 9.17) is 5.10 Å². The van der Waals surface area contributed by atoms with Crippen LogP contribution in [0.1, 0.15) is 37.0 Å². The van der Waals surface area contributed by atoms with Crippen molar-refractivity contribution >= 4 is 12.1 Å². The third-order valence-electron chi connectivity index (χ3n) is 6.92. The van der Waals surface area contributed by atoms with Gasteiger partial charge in [0.1, 0.15) is 5.69 Å². The highest BCUT2D eigenvalue weighted by Crippen LogP contribution is 2.58. The maximum Gasteiger partial charge on any atom is 0.275 e. The summed E-state index contributed by atoms with van der Waals surface area (Å²) in [5, 5.41) is 9.00. The predicted octanol–water partition coefficient (Wildman–Crippen LogP) is 5.25. The highest BCUT2D eigenvalue weighted by atomic mass is 16.2. The Hall–Kier alpha value is -3.47. The summed E-state index contributed by atoms with van der Waals surface area (Å²) in [6.45, 7) is 4.66. The van der Waals surface area contributed by atoms with Crippen LogP contribution >= 0.6 is 0 Å². The number of hydrogen-bond acceptors (Lipinski definition) is 3. The van der Waals surface area contributed by atoms with Crippen molar-refractivity contribution < 1.29 is 4.79 Å². The van der Waals surface area contributed by atoms with Crippen LogP contribution in [-0.2, 0) is 0 Å². The van der Waals surface area contributed by atoms with E-state index in [9.17, 15) is 4.79 Å². The number of fused-ring (bicyclic) bond motifs is 1. The molecule has 2 aromatic carbocycles. The first-order valence-corrected chi connectivity index (χ1v) is 10.8. The van der Waals surface area contributed by atoms with Gasteiger partial charge in [0.25, 0.3) is 5.91 Å². The fourth-order valence-corrected chi connectivity index (χ4v) is 4.83. The summed E-state index contributed by atoms with van der Waals surface area (Å²) in [5.74, 6) is 1.05. The van der Waals surface area contributed by atoms with Crippen molar-refractivity contribution in [1.29, 1.82) is 0 Å². The molecule has 3 aliphatic carbocycles. The van der Waals surface area contributed by atoms with Crippen LogP contribution in [0, 0.1) is 17.3 Å². The van der Waals surface area contributed by atoms with E-state index in [1.807, 2.05) is 66.9 Å². The minimum atomic E-state index is -0.264. The minimum absolute atomic E-state index is 0.264. The zero-order valence-electron chi connectivity index (χ0n) is 17.8. The molecule has 1 aromatic heterocycles. The molecule has 156 valence electrons. The number of nitrogens with zero attached hydrogens (tertiary/aromatic N) is 3. The minimum Gasteiger partial charge on any atom is -0.267 e. The monoisotopic (exact) mass is 410 g/mol. The lowest BCUT2D eigenvalue weighted by molar-refractivity contribution is -0.00126. The van der Waals surface area contributed by atoms with E-state index in [2.05, 4.69) is 30.5 Å². The van der Waals surface area contributed by atoms with Crippen molar-refractivity contribution in [3.63, 3.8) is 0 Å². The highest BCUT2D eigenvalue weighted by Gasteiger charge is 2.50. The molecule has 1 saturated carbocycles. The normalized spacial score (nSPS) is 21.4. The Morgan fingerprint density at radius 2 is 1.84 bits per heavy atom. The van der Waals surface area contributed by atoms with Gasteiger partial charge < -0.3 is 0 Å². The van der Waals surface area contributed by atoms with Crippen molar-refractivity contribution in [1.82, 2.24) is 15.2 Å². The Balaban J connectivity index is 1.40. The van der Waals surface area contributed by atoms with Crippen LogP contribution in [0.4, 0.5) is 0 Å². The number of carbonyl (C=O) groups excluding carboxylic acids is 1. The van der Waals surface area contributed by atoms with Crippen LogP contribution in [-0.4, -0.2) is 21.9 Å². The summed E-state index contributed by atoms with van der Waals surface area (Å²) in [6.07, 6.45) is 8.18. The van der Waals surface area contributed by atoms with Gasteiger partial charge in [-0.05, 0) is 47.8 Å². The Kier molecular flexibility index (Phi) is 4.81. The summed E-state index contributed by atoms with van der Waals surface area (Å²) in [4.78, 5) is 13.0. The molecule has 0 aliphatic heterocycles. The number of benzene rings is 2. The molecule has 0 saturated heterocycles. The fraction of sp³-hybridized carbons (Fsp3) is 0.269. The van der Waals surface area contributed by atoms with Crippen molar-refractivity contribution in [2.24, 2.45) is 22.4 Å². The predicted molar refractivity (Wildman–Crippen MR) is 123 cm³/mol. The quantitative estimate of drug-likeness (QED) is 0.461. The van der Waals surface area contributed by atoms with E-state index in [-0.39, 0.29) is 5.91 Å². The van der Waals surface area contributed by atoms with Crippen molar-refractivity contribution in [3.8, 4) is 16.9 Å². The van der Waals surface area contributed by atoms with Crippen LogP contribution in [0.2, 0.25) is 0 Å². The molecule has 5 nitrogen and oxygen atoms in total. The highest BCUT2D eigenvalue weighted by molar-refractivity contribution is 6.00. The second-order valence-corrected chi connectivity index (χ2v) is 8.98. The van der Waals surface area contributed by atoms with Gasteiger partial charge in [0.2, 0.25) is 0 Å². The first-order valence-electron chi connectivity index (χ1n) is 10.8. The third-order valence-corrected chi connectivity index (χ3v) is 6.92. The summed E-state index contributed by atoms with van der Waals surface area (Å²) < 4.78 is 1.74. The number of rotatable bonds is 5. The van der Waals surface area contributed by atoms with Crippen LogP contribution < -0.4 is 5.43 Å². The summed E-state index contributed by atoms with van der Waals surface area (Å²) in [7, 11) is 0. The molecule has 2 atom stereocenters. The Labute approximate surface area is 182 Å². The number of para-hydroxylation sites is 1. The fourth-order valence-electron chi connectivity index (χ4n) is 4.83. The molecular formula is C26H26N4O. The van der Waals surface area contributed by atoms with Crippen molar-refractivity contribution in [3.05, 3.63) is 84.1 Å². The summed E-state index contributed by atoms with van der Waals surface area (Å²) in [5.41, 5.74) is 7.21. The van der Waals surface area contributed by atoms with Gasteiger partial charge in [0.15, 0.2) is 0 Å². The molecule has 1 fully saturated rings. The first kappa shape index (κ1) is 19.5. The number of hydrogen-bond donors (Lipinski definition) is 1. The molecule has 2 bridgehead atoms. The zero-order valence-corrected chi connectivity index (χ0v) is 17.8. The van der Waals surface area contributed by atoms with Crippen molar-refractivity contribution in [2.45, 2.75) is 26.7 Å². The van der Waals surface area contributed by atoms with Crippen LogP contribution in [0.3, 0.4) is 0 Å². The van der Waals surface area contributed by atoms with Crippen LogP contribution in [0.25, 0.3) is 16.9 Å². The van der Waals surface area contributed by atoms with E-state index < -0.39 is 0 Å². The summed E-state index contributed by atoms with van der Waals surface area (Å²) >= 11 is 0. The van der Waals surface area contributed by atoms with Gasteiger partial charge in [-0.25, -0.2) is 10.1 Å². The van der Waals surface area contributed by atoms with Gasteiger partial charge in [0.05, 0.1) is 17.5 Å². The molecule has 0 radical (unpaired) electrons. The van der Waals surface area contributed by atoms with Crippen molar-refractivity contribution in [2.75, 3.05) is 0 Å². The van der Waals surface area contributed by atoms with E-state index in [0.29, 0.717) is 22.6 Å². The maximum absolute atomic E-state index is 13.0. The van der Waals surface area contributed by atoms with E-state index >= 15 is 0 Å². The Bertz CT molecular complexity index is 1160. The number of carbonyl (C=O) groups is 1. The molecular weight excluding hydrogens is 384 g/mol. The molecule has 0 spiro atoms. The van der Waals surface area contributed by atoms with Gasteiger partial charge in [-0.3, -0.25) is 4.79 Å². The van der Waals surface area contributed by atoms with Crippen LogP contribution in [0.5, 0.6) is 0 Å². The number of amides is 1. The molecule has 5 heteroatoms. The zero-order chi connectivity index (χ0) is 21.4. The first-order chi connectivity index (χ1) is 15.0. The van der Waals surface area contributed by atoms with Gasteiger partial charge in [-0.15, -0.1) is 0 Å². The van der Waals surface area contributed by atoms with Gasteiger partial charge >= 0.3 is 0 Å². The smallest absolute Gasteiger partial charge is 0.267 e. The molecule has 1 heterocycles. The molecule has 6 rings (SSSR count). The van der Waals surface area contributed by atoms with E-state index in [0.717, 1.165) is 23.6 Å². The third kappa shape index (κ3) is 3.50. The van der Waals surface area contributed by atoms with E-state index in [1.165, 1.54) is 12.0 Å². The van der Waals surface area contributed by atoms with E-state index in [1.54, 1.807) is 10.9 Å².